The van der Waals surface area contributed by atoms with Crippen LogP contribution in [0.1, 0.15) is 5.56 Å². The van der Waals surface area contributed by atoms with Gasteiger partial charge in [-0.25, -0.2) is 0 Å². The van der Waals surface area contributed by atoms with Gasteiger partial charge in [0.05, 0.1) is 4.92 Å². The van der Waals surface area contributed by atoms with Crippen LogP contribution in [-0.2, 0) is 4.79 Å². The van der Waals surface area contributed by atoms with Crippen molar-refractivity contribution in [3.63, 3.8) is 0 Å². The van der Waals surface area contributed by atoms with Crippen LogP contribution < -0.4 is 0 Å². The third-order valence-corrected chi connectivity index (χ3v) is 1.56. The molecule has 0 saturated carbocycles. The van der Waals surface area contributed by atoms with Gasteiger partial charge < -0.3 is 5.11 Å². The number of phenolic OH excluding ortho intramolecular Hbond substituents is 1. The molecule has 0 fully saturated rings. The normalized spacial score (nSPS) is 10.3. The molecule has 0 unspecified atom stereocenters. The van der Waals surface area contributed by atoms with E-state index in [-0.39, 0.29) is 5.69 Å². The van der Waals surface area contributed by atoms with E-state index in [1.165, 1.54) is 30.4 Å². The number of rotatable bonds is 3. The molecule has 0 bridgehead atoms. The summed E-state index contributed by atoms with van der Waals surface area (Å²) in [6.45, 7) is 0. The Morgan fingerprint density at radius 1 is 1.43 bits per heavy atom. The highest BCUT2D eigenvalue weighted by Crippen LogP contribution is 2.26. The topological polar surface area (TPSA) is 80.4 Å². The van der Waals surface area contributed by atoms with Crippen molar-refractivity contribution in [1.82, 2.24) is 0 Å². The first-order valence-electron chi connectivity index (χ1n) is 3.74. The van der Waals surface area contributed by atoms with Gasteiger partial charge >= 0.3 is 5.69 Å². The van der Waals surface area contributed by atoms with Crippen molar-refractivity contribution in [3.8, 4) is 5.75 Å². The minimum Gasteiger partial charge on any atom is -0.502 e. The second-order valence-corrected chi connectivity index (χ2v) is 2.50. The van der Waals surface area contributed by atoms with E-state index in [4.69, 9.17) is 5.11 Å². The number of phenols is 1. The molecule has 0 radical (unpaired) electrons. The standard InChI is InChI=1S/C9H7NO4/c11-5-1-2-7-3-4-9(12)8(6-7)10(13)14/h1-6,12H/b2-1+. The van der Waals surface area contributed by atoms with Gasteiger partial charge in [-0.05, 0) is 17.7 Å². The highest BCUT2D eigenvalue weighted by molar-refractivity contribution is 5.74. The summed E-state index contributed by atoms with van der Waals surface area (Å²) in [4.78, 5) is 19.7. The maximum Gasteiger partial charge on any atom is 0.311 e. The molecule has 0 aromatic heterocycles. The zero-order valence-electron chi connectivity index (χ0n) is 7.08. The highest BCUT2D eigenvalue weighted by atomic mass is 16.6. The summed E-state index contributed by atoms with van der Waals surface area (Å²) >= 11 is 0. The number of carbonyl (C=O) groups excluding carboxylic acids is 1. The Labute approximate surface area is 79.4 Å². The van der Waals surface area contributed by atoms with Crippen LogP contribution in [0.3, 0.4) is 0 Å². The molecule has 0 heterocycles. The fourth-order valence-electron chi connectivity index (χ4n) is 0.941. The van der Waals surface area contributed by atoms with Gasteiger partial charge in [0.1, 0.15) is 6.29 Å². The summed E-state index contributed by atoms with van der Waals surface area (Å²) in [6.07, 6.45) is 3.20. The van der Waals surface area contributed by atoms with E-state index in [0.29, 0.717) is 11.8 Å². The number of nitrogens with zero attached hydrogens (tertiary/aromatic N) is 1. The van der Waals surface area contributed by atoms with Gasteiger partial charge in [0, 0.05) is 6.07 Å². The molecule has 1 aromatic carbocycles. The van der Waals surface area contributed by atoms with Gasteiger partial charge in [-0.1, -0.05) is 12.1 Å². The fourth-order valence-corrected chi connectivity index (χ4v) is 0.941. The van der Waals surface area contributed by atoms with E-state index < -0.39 is 10.7 Å². The van der Waals surface area contributed by atoms with Crippen molar-refractivity contribution in [2.45, 2.75) is 0 Å². The van der Waals surface area contributed by atoms with Crippen molar-refractivity contribution in [2.75, 3.05) is 0 Å². The smallest absolute Gasteiger partial charge is 0.311 e. The maximum atomic E-state index is 10.4. The predicted octanol–water partition coefficient (Wildman–Crippen LogP) is 1.51. The SMILES string of the molecule is O=C/C=C/c1ccc(O)c([N+](=O)[O-])c1. The molecule has 1 aromatic rings. The summed E-state index contributed by atoms with van der Waals surface area (Å²) in [5.74, 6) is -0.391. The lowest BCUT2D eigenvalue weighted by Gasteiger charge is -1.96. The monoisotopic (exact) mass is 193 g/mol. The first-order valence-corrected chi connectivity index (χ1v) is 3.74. The molecule has 0 atom stereocenters. The maximum absolute atomic E-state index is 10.4. The lowest BCUT2D eigenvalue weighted by molar-refractivity contribution is -0.385. The molecule has 0 amide bonds. The van der Waals surface area contributed by atoms with E-state index in [1.807, 2.05) is 0 Å². The number of nitro benzene ring substituents is 1. The fraction of sp³-hybridized carbons (Fsp3) is 0. The lowest BCUT2D eigenvalue weighted by atomic mass is 10.2. The Morgan fingerprint density at radius 3 is 2.71 bits per heavy atom. The van der Waals surface area contributed by atoms with Crippen molar-refractivity contribution in [3.05, 3.63) is 40.0 Å². The predicted molar refractivity (Wildman–Crippen MR) is 49.9 cm³/mol. The number of aromatic hydroxyl groups is 1. The Hall–Kier alpha value is -2.17. The number of carbonyl (C=O) groups is 1. The second kappa shape index (κ2) is 4.18. The minimum absolute atomic E-state index is 0.377. The van der Waals surface area contributed by atoms with Crippen LogP contribution in [0.5, 0.6) is 5.75 Å². The summed E-state index contributed by atoms with van der Waals surface area (Å²) in [5.41, 5.74) is 0.111. The van der Waals surface area contributed by atoms with E-state index in [9.17, 15) is 14.9 Å². The molecule has 1 N–H and O–H groups in total. The van der Waals surface area contributed by atoms with Gasteiger partial charge in [0.15, 0.2) is 5.75 Å². The number of allylic oxidation sites excluding steroid dienone is 1. The number of hydrogen-bond acceptors (Lipinski definition) is 4. The minimum atomic E-state index is -0.687. The summed E-state index contributed by atoms with van der Waals surface area (Å²) in [6, 6.07) is 3.88. The van der Waals surface area contributed by atoms with Gasteiger partial charge in [0.2, 0.25) is 0 Å². The molecule has 14 heavy (non-hydrogen) atoms. The number of benzene rings is 1. The second-order valence-electron chi connectivity index (χ2n) is 2.50. The molecule has 72 valence electrons. The van der Waals surface area contributed by atoms with Crippen molar-refractivity contribution < 1.29 is 14.8 Å². The number of nitro groups is 1. The van der Waals surface area contributed by atoms with Gasteiger partial charge in [-0.2, -0.15) is 0 Å². The first kappa shape index (κ1) is 9.91. The third kappa shape index (κ3) is 2.16. The molecule has 0 spiro atoms. The molecule has 0 aliphatic rings. The Bertz CT molecular complexity index is 398. The van der Waals surface area contributed by atoms with Crippen LogP contribution in [0.4, 0.5) is 5.69 Å². The van der Waals surface area contributed by atoms with E-state index in [2.05, 4.69) is 0 Å². The largest absolute Gasteiger partial charge is 0.502 e. The molecule has 5 nitrogen and oxygen atoms in total. The third-order valence-electron chi connectivity index (χ3n) is 1.56. The highest BCUT2D eigenvalue weighted by Gasteiger charge is 2.12. The van der Waals surface area contributed by atoms with Gasteiger partial charge in [-0.15, -0.1) is 0 Å². The number of hydrogen-bond donors (Lipinski definition) is 1. The van der Waals surface area contributed by atoms with Crippen LogP contribution in [0.25, 0.3) is 6.08 Å². The molecule has 0 saturated heterocycles. The van der Waals surface area contributed by atoms with Crippen molar-refractivity contribution >= 4 is 18.0 Å². The molecular formula is C9H7NO4. The van der Waals surface area contributed by atoms with E-state index >= 15 is 0 Å². The van der Waals surface area contributed by atoms with E-state index in [0.717, 1.165) is 0 Å². The van der Waals surface area contributed by atoms with Crippen LogP contribution in [0.2, 0.25) is 0 Å². The molecule has 5 heteroatoms. The summed E-state index contributed by atoms with van der Waals surface area (Å²) in [5, 5.41) is 19.5. The lowest BCUT2D eigenvalue weighted by Crippen LogP contribution is -1.88. The Balaban J connectivity index is 3.12. The van der Waals surface area contributed by atoms with Gasteiger partial charge in [0.25, 0.3) is 0 Å². The molecular weight excluding hydrogens is 186 g/mol. The van der Waals surface area contributed by atoms with Crippen LogP contribution >= 0.6 is 0 Å². The molecule has 1 rings (SSSR count). The van der Waals surface area contributed by atoms with Crippen LogP contribution in [0, 0.1) is 10.1 Å². The van der Waals surface area contributed by atoms with Crippen LogP contribution in [0.15, 0.2) is 24.3 Å². The zero-order chi connectivity index (χ0) is 10.6. The Kier molecular flexibility index (Phi) is 2.96. The van der Waals surface area contributed by atoms with E-state index in [1.54, 1.807) is 0 Å². The average molecular weight is 193 g/mol. The van der Waals surface area contributed by atoms with Crippen molar-refractivity contribution in [2.24, 2.45) is 0 Å². The first-order chi connectivity index (χ1) is 6.65. The van der Waals surface area contributed by atoms with Crippen LogP contribution in [-0.4, -0.2) is 16.3 Å². The molecule has 0 aliphatic carbocycles. The number of aldehydes is 1. The average Bonchev–Trinajstić information content (AvgIpc) is 2.16. The molecule has 0 aliphatic heterocycles. The van der Waals surface area contributed by atoms with Gasteiger partial charge in [-0.3, -0.25) is 14.9 Å². The zero-order valence-corrected chi connectivity index (χ0v) is 7.08. The summed E-state index contributed by atoms with van der Waals surface area (Å²) < 4.78 is 0. The Morgan fingerprint density at radius 2 is 2.14 bits per heavy atom. The summed E-state index contributed by atoms with van der Waals surface area (Å²) in [7, 11) is 0. The quantitative estimate of drug-likeness (QED) is 0.341. The van der Waals surface area contributed by atoms with Crippen molar-refractivity contribution in [1.29, 1.82) is 0 Å².